The number of anilines is 1. The van der Waals surface area contributed by atoms with Gasteiger partial charge < -0.3 is 9.84 Å². The molecule has 0 saturated heterocycles. The van der Waals surface area contributed by atoms with E-state index in [1.807, 2.05) is 6.92 Å². The van der Waals surface area contributed by atoms with Gasteiger partial charge in [-0.2, -0.15) is 0 Å². The number of aromatic nitrogens is 1. The van der Waals surface area contributed by atoms with Crippen LogP contribution in [0.15, 0.2) is 38.7 Å². The van der Waals surface area contributed by atoms with E-state index in [1.54, 1.807) is 19.1 Å². The Morgan fingerprint density at radius 2 is 2.15 bits per heavy atom. The van der Waals surface area contributed by atoms with Crippen LogP contribution in [0.4, 0.5) is 5.69 Å². The molecule has 2 N–H and O–H groups in total. The molecule has 3 rings (SSSR count). The van der Waals surface area contributed by atoms with Gasteiger partial charge in [-0.25, -0.2) is 8.42 Å². The van der Waals surface area contributed by atoms with Gasteiger partial charge in [0.2, 0.25) is 0 Å². The Morgan fingerprint density at radius 3 is 2.85 bits per heavy atom. The molecule has 1 aliphatic rings. The van der Waals surface area contributed by atoms with Crippen LogP contribution < -0.4 is 10.0 Å². The standard InChI is InChI=1S/C17H20N4O4S/c1-3-14-16(11(2)25-20-14)17(22)19-12-6-4-7-13(10-12)26(23,24)21-15-8-5-9-18-15/h4,6-7,10H,3,5,8-9H2,1-2H3,(H,18,21)(H,19,22). The number of carbonyl (C=O) groups excluding carboxylic acids is 1. The van der Waals surface area contributed by atoms with E-state index in [0.29, 0.717) is 47.9 Å². The highest BCUT2D eigenvalue weighted by Crippen LogP contribution is 2.20. The van der Waals surface area contributed by atoms with Crippen molar-refractivity contribution in [2.24, 2.45) is 4.99 Å². The highest BCUT2D eigenvalue weighted by atomic mass is 32.2. The zero-order valence-corrected chi connectivity index (χ0v) is 15.4. The SMILES string of the molecule is CCc1noc(C)c1C(=O)Nc1cccc(S(=O)(=O)NC2=NCCC2)c1. The predicted molar refractivity (Wildman–Crippen MR) is 96.9 cm³/mol. The second kappa shape index (κ2) is 7.28. The van der Waals surface area contributed by atoms with Crippen LogP contribution in [0, 0.1) is 6.92 Å². The Balaban J connectivity index is 1.81. The summed E-state index contributed by atoms with van der Waals surface area (Å²) < 4.78 is 32.5. The van der Waals surface area contributed by atoms with Crippen molar-refractivity contribution in [1.29, 1.82) is 0 Å². The molecular formula is C17H20N4O4S. The molecule has 26 heavy (non-hydrogen) atoms. The van der Waals surface area contributed by atoms with Crippen molar-refractivity contribution >= 4 is 27.5 Å². The molecule has 9 heteroatoms. The topological polar surface area (TPSA) is 114 Å². The quantitative estimate of drug-likeness (QED) is 0.831. The largest absolute Gasteiger partial charge is 0.361 e. The number of nitrogens with one attached hydrogen (secondary N) is 2. The minimum absolute atomic E-state index is 0.0580. The van der Waals surface area contributed by atoms with Crippen molar-refractivity contribution < 1.29 is 17.7 Å². The van der Waals surface area contributed by atoms with Crippen LogP contribution in [-0.4, -0.2) is 31.9 Å². The molecule has 138 valence electrons. The summed E-state index contributed by atoms with van der Waals surface area (Å²) in [6, 6.07) is 6.07. The Hall–Kier alpha value is -2.68. The van der Waals surface area contributed by atoms with Crippen molar-refractivity contribution in [3.05, 3.63) is 41.3 Å². The number of amides is 1. The molecule has 0 bridgehead atoms. The van der Waals surface area contributed by atoms with Crippen molar-refractivity contribution in [1.82, 2.24) is 9.88 Å². The first kappa shape index (κ1) is 18.1. The van der Waals surface area contributed by atoms with Crippen LogP contribution >= 0.6 is 0 Å². The van der Waals surface area contributed by atoms with E-state index >= 15 is 0 Å². The van der Waals surface area contributed by atoms with Crippen LogP contribution in [0.3, 0.4) is 0 Å². The Bertz CT molecular complexity index is 963. The first-order valence-electron chi connectivity index (χ1n) is 8.33. The van der Waals surface area contributed by atoms with Gasteiger partial charge in [0.1, 0.15) is 17.2 Å². The summed E-state index contributed by atoms with van der Waals surface area (Å²) in [7, 11) is -3.74. The molecule has 0 atom stereocenters. The highest BCUT2D eigenvalue weighted by molar-refractivity contribution is 7.90. The Kier molecular flexibility index (Phi) is 5.08. The van der Waals surface area contributed by atoms with Crippen LogP contribution in [-0.2, 0) is 16.4 Å². The summed E-state index contributed by atoms with van der Waals surface area (Å²) in [5.74, 6) is 0.499. The fourth-order valence-electron chi connectivity index (χ4n) is 2.72. The minimum atomic E-state index is -3.74. The van der Waals surface area contributed by atoms with Gasteiger partial charge in [0.25, 0.3) is 15.9 Å². The van der Waals surface area contributed by atoms with Gasteiger partial charge in [-0.15, -0.1) is 0 Å². The monoisotopic (exact) mass is 376 g/mol. The number of aliphatic imine (C=N–C) groups is 1. The number of hydrogen-bond acceptors (Lipinski definition) is 6. The van der Waals surface area contributed by atoms with Crippen LogP contribution in [0.5, 0.6) is 0 Å². The molecule has 2 heterocycles. The third-order valence-corrected chi connectivity index (χ3v) is 5.40. The van der Waals surface area contributed by atoms with Gasteiger partial charge in [0.15, 0.2) is 0 Å². The van der Waals surface area contributed by atoms with Gasteiger partial charge in [0, 0.05) is 18.7 Å². The minimum Gasteiger partial charge on any atom is -0.361 e. The summed E-state index contributed by atoms with van der Waals surface area (Å²) in [5, 5.41) is 6.56. The number of hydrogen-bond donors (Lipinski definition) is 2. The maximum absolute atomic E-state index is 12.5. The Labute approximate surface area is 151 Å². The fourth-order valence-corrected chi connectivity index (χ4v) is 3.86. The number of nitrogens with zero attached hydrogens (tertiary/aromatic N) is 2. The number of rotatable bonds is 5. The molecule has 2 aromatic rings. The van der Waals surface area contributed by atoms with Crippen molar-refractivity contribution in [3.63, 3.8) is 0 Å². The molecule has 1 amide bonds. The lowest BCUT2D eigenvalue weighted by Gasteiger charge is -2.10. The van der Waals surface area contributed by atoms with E-state index in [9.17, 15) is 13.2 Å². The second-order valence-corrected chi connectivity index (χ2v) is 7.62. The summed E-state index contributed by atoms with van der Waals surface area (Å²) >= 11 is 0. The zero-order chi connectivity index (χ0) is 18.7. The third-order valence-electron chi connectivity index (χ3n) is 4.02. The average Bonchev–Trinajstić information content (AvgIpc) is 3.23. The molecule has 1 aromatic heterocycles. The first-order valence-corrected chi connectivity index (χ1v) is 9.81. The molecule has 0 saturated carbocycles. The lowest BCUT2D eigenvalue weighted by molar-refractivity contribution is 0.102. The lowest BCUT2D eigenvalue weighted by Crippen LogP contribution is -2.29. The third kappa shape index (κ3) is 3.77. The second-order valence-electron chi connectivity index (χ2n) is 5.93. The molecule has 0 spiro atoms. The summed E-state index contributed by atoms with van der Waals surface area (Å²) in [6.45, 7) is 4.17. The van der Waals surface area contributed by atoms with E-state index in [-0.39, 0.29) is 10.8 Å². The predicted octanol–water partition coefficient (Wildman–Crippen LogP) is 2.27. The Morgan fingerprint density at radius 1 is 1.35 bits per heavy atom. The molecular weight excluding hydrogens is 356 g/mol. The highest BCUT2D eigenvalue weighted by Gasteiger charge is 2.21. The number of aryl methyl sites for hydroxylation is 2. The number of benzene rings is 1. The van der Waals surface area contributed by atoms with Crippen LogP contribution in [0.2, 0.25) is 0 Å². The van der Waals surface area contributed by atoms with Crippen molar-refractivity contribution in [2.45, 2.75) is 38.0 Å². The molecule has 1 aliphatic heterocycles. The van der Waals surface area contributed by atoms with Gasteiger partial charge >= 0.3 is 0 Å². The molecule has 0 aliphatic carbocycles. The van der Waals surface area contributed by atoms with Gasteiger partial charge in [-0.3, -0.25) is 14.5 Å². The van der Waals surface area contributed by atoms with Crippen molar-refractivity contribution in [3.8, 4) is 0 Å². The van der Waals surface area contributed by atoms with Crippen LogP contribution in [0.25, 0.3) is 0 Å². The van der Waals surface area contributed by atoms with Gasteiger partial charge in [0.05, 0.1) is 10.6 Å². The van der Waals surface area contributed by atoms with E-state index in [1.165, 1.54) is 12.1 Å². The molecule has 8 nitrogen and oxygen atoms in total. The number of carbonyl (C=O) groups is 1. The fraction of sp³-hybridized carbons (Fsp3) is 0.353. The maximum atomic E-state index is 12.5. The maximum Gasteiger partial charge on any atom is 0.262 e. The zero-order valence-electron chi connectivity index (χ0n) is 14.6. The smallest absolute Gasteiger partial charge is 0.262 e. The lowest BCUT2D eigenvalue weighted by atomic mass is 10.1. The average molecular weight is 376 g/mol. The van der Waals surface area contributed by atoms with E-state index in [4.69, 9.17) is 4.52 Å². The van der Waals surface area contributed by atoms with Gasteiger partial charge in [-0.05, 0) is 38.0 Å². The summed E-state index contributed by atoms with van der Waals surface area (Å²) in [6.07, 6.45) is 2.01. The van der Waals surface area contributed by atoms with E-state index < -0.39 is 10.0 Å². The van der Waals surface area contributed by atoms with Crippen LogP contribution in [0.1, 0.15) is 41.6 Å². The molecule has 0 unspecified atom stereocenters. The molecule has 1 aromatic carbocycles. The number of sulfonamides is 1. The molecule has 0 radical (unpaired) electrons. The summed E-state index contributed by atoms with van der Waals surface area (Å²) in [4.78, 5) is 16.7. The molecule has 0 fully saturated rings. The van der Waals surface area contributed by atoms with Gasteiger partial charge in [-0.1, -0.05) is 18.1 Å². The summed E-state index contributed by atoms with van der Waals surface area (Å²) in [5.41, 5.74) is 1.30. The van der Waals surface area contributed by atoms with E-state index in [2.05, 4.69) is 20.2 Å². The number of amidine groups is 1. The normalized spacial score (nSPS) is 14.2. The first-order chi connectivity index (χ1) is 12.4. The van der Waals surface area contributed by atoms with Crippen molar-refractivity contribution in [2.75, 3.05) is 11.9 Å². The van der Waals surface area contributed by atoms with E-state index in [0.717, 1.165) is 6.42 Å².